The number of nitrogens with one attached hydrogen (secondary N) is 1. The highest BCUT2D eigenvalue weighted by Crippen LogP contribution is 2.07. The van der Waals surface area contributed by atoms with E-state index in [-0.39, 0.29) is 16.5 Å². The van der Waals surface area contributed by atoms with Gasteiger partial charge in [0.25, 0.3) is 0 Å². The molecule has 4 nitrogen and oxygen atoms in total. The molecule has 0 aliphatic carbocycles. The van der Waals surface area contributed by atoms with Crippen LogP contribution in [0.15, 0.2) is 0 Å². The lowest BCUT2D eigenvalue weighted by Crippen LogP contribution is -2.44. The predicted molar refractivity (Wildman–Crippen MR) is 64.7 cm³/mol. The van der Waals surface area contributed by atoms with E-state index in [1.54, 1.807) is 6.92 Å². The Labute approximate surface area is 96.5 Å². The van der Waals surface area contributed by atoms with Gasteiger partial charge in [-0.05, 0) is 27.7 Å². The molecule has 0 fully saturated rings. The second-order valence-corrected chi connectivity index (χ2v) is 4.51. The van der Waals surface area contributed by atoms with Crippen LogP contribution in [0.2, 0.25) is 0 Å². The fraction of sp³-hybridized carbons (Fsp3) is 0.800. The number of amides is 1. The Morgan fingerprint density at radius 2 is 2.13 bits per heavy atom. The summed E-state index contributed by atoms with van der Waals surface area (Å²) in [6.45, 7) is 8.51. The summed E-state index contributed by atoms with van der Waals surface area (Å²) in [6, 6.07) is 0. The molecule has 5 heteroatoms. The first-order valence-corrected chi connectivity index (χ1v) is 5.42. The molecule has 0 aromatic rings. The lowest BCUT2D eigenvalue weighted by Gasteiger charge is -2.25. The molecule has 0 aromatic heterocycles. The Kier molecular flexibility index (Phi) is 5.75. The summed E-state index contributed by atoms with van der Waals surface area (Å²) >= 11 is 4.74. The van der Waals surface area contributed by atoms with Crippen LogP contribution in [0, 0.1) is 5.92 Å². The van der Waals surface area contributed by atoms with Gasteiger partial charge in [-0.25, -0.2) is 0 Å². The van der Waals surface area contributed by atoms with Crippen molar-refractivity contribution in [2.45, 2.75) is 33.3 Å². The minimum Gasteiger partial charge on any atom is -0.393 e. The van der Waals surface area contributed by atoms with E-state index < -0.39 is 5.92 Å². The van der Waals surface area contributed by atoms with E-state index in [1.807, 2.05) is 20.8 Å². The molecule has 0 saturated carbocycles. The number of hydrogen-bond acceptors (Lipinski definition) is 3. The van der Waals surface area contributed by atoms with Gasteiger partial charge in [-0.15, -0.1) is 0 Å². The van der Waals surface area contributed by atoms with Crippen LogP contribution in [0.25, 0.3) is 0 Å². The molecule has 1 atom stereocenters. The Morgan fingerprint density at radius 1 is 1.60 bits per heavy atom. The molecule has 0 aromatic carbocycles. The second kappa shape index (κ2) is 6.02. The number of rotatable bonds is 6. The number of thiocarbonyl (C=S) groups is 1. The van der Waals surface area contributed by atoms with E-state index in [1.165, 1.54) is 0 Å². The zero-order valence-corrected chi connectivity index (χ0v) is 10.6. The molecule has 1 unspecified atom stereocenters. The average Bonchev–Trinajstić information content (AvgIpc) is 2.13. The average molecular weight is 232 g/mol. The molecule has 0 bridgehead atoms. The lowest BCUT2D eigenvalue weighted by atomic mass is 10.1. The van der Waals surface area contributed by atoms with E-state index in [9.17, 15) is 4.79 Å². The molecule has 0 saturated heterocycles. The molecule has 0 aliphatic rings. The van der Waals surface area contributed by atoms with Crippen molar-refractivity contribution in [3.05, 3.63) is 0 Å². The first-order valence-electron chi connectivity index (χ1n) is 5.01. The van der Waals surface area contributed by atoms with Gasteiger partial charge >= 0.3 is 0 Å². The zero-order chi connectivity index (χ0) is 12.1. The van der Waals surface area contributed by atoms with Crippen LogP contribution in [0.1, 0.15) is 27.7 Å². The maximum Gasteiger partial charge on any atom is 0.229 e. The molecular weight excluding hydrogens is 212 g/mol. The van der Waals surface area contributed by atoms with Crippen molar-refractivity contribution in [1.82, 2.24) is 5.32 Å². The Morgan fingerprint density at radius 3 is 2.53 bits per heavy atom. The summed E-state index contributed by atoms with van der Waals surface area (Å²) in [7, 11) is 0. The van der Waals surface area contributed by atoms with Gasteiger partial charge in [-0.2, -0.15) is 0 Å². The summed E-state index contributed by atoms with van der Waals surface area (Å²) in [5.41, 5.74) is 5.01. The number of hydrogen-bond donors (Lipinski definition) is 2. The molecule has 1 amide bonds. The third-order valence-electron chi connectivity index (χ3n) is 2.04. The predicted octanol–water partition coefficient (Wildman–Crippen LogP) is 0.840. The number of carbonyl (C=O) groups excluding carboxylic acids is 1. The Balaban J connectivity index is 4.05. The molecule has 15 heavy (non-hydrogen) atoms. The van der Waals surface area contributed by atoms with Crippen LogP contribution in [-0.4, -0.2) is 29.6 Å². The molecular formula is C10H20N2O2S. The summed E-state index contributed by atoms with van der Waals surface area (Å²) < 4.78 is 5.44. The van der Waals surface area contributed by atoms with Gasteiger partial charge in [-0.1, -0.05) is 12.2 Å². The van der Waals surface area contributed by atoms with Crippen LogP contribution in [0.4, 0.5) is 0 Å². The fourth-order valence-corrected chi connectivity index (χ4v) is 1.13. The first kappa shape index (κ1) is 14.3. The number of carbonyl (C=O) groups is 1. The summed E-state index contributed by atoms with van der Waals surface area (Å²) in [6.07, 6.45) is 0. The molecule has 0 rings (SSSR count). The van der Waals surface area contributed by atoms with Crippen molar-refractivity contribution < 1.29 is 9.53 Å². The molecule has 3 N–H and O–H groups in total. The van der Waals surface area contributed by atoms with Crippen molar-refractivity contribution in [2.75, 3.05) is 13.2 Å². The van der Waals surface area contributed by atoms with E-state index in [0.717, 1.165) is 0 Å². The van der Waals surface area contributed by atoms with Gasteiger partial charge in [0, 0.05) is 13.2 Å². The van der Waals surface area contributed by atoms with E-state index in [0.29, 0.717) is 13.2 Å². The van der Waals surface area contributed by atoms with Gasteiger partial charge in [0.2, 0.25) is 5.91 Å². The van der Waals surface area contributed by atoms with Gasteiger partial charge in [0.05, 0.1) is 16.5 Å². The normalized spacial score (nSPS) is 13.3. The Bertz CT molecular complexity index is 242. The highest BCUT2D eigenvalue weighted by atomic mass is 32.1. The largest absolute Gasteiger partial charge is 0.393 e. The minimum atomic E-state index is -0.433. The maximum atomic E-state index is 11.5. The first-order chi connectivity index (χ1) is 6.80. The van der Waals surface area contributed by atoms with Gasteiger partial charge < -0.3 is 15.8 Å². The highest BCUT2D eigenvalue weighted by molar-refractivity contribution is 7.80. The van der Waals surface area contributed by atoms with Gasteiger partial charge in [-0.3, -0.25) is 4.79 Å². The van der Waals surface area contributed by atoms with E-state index >= 15 is 0 Å². The summed E-state index contributed by atoms with van der Waals surface area (Å²) in [5.74, 6) is -0.590. The SMILES string of the molecule is CCOC(C)(C)CNC(=O)C(C)C(N)=S. The van der Waals surface area contributed by atoms with Crippen molar-refractivity contribution in [2.24, 2.45) is 11.7 Å². The zero-order valence-electron chi connectivity index (χ0n) is 9.79. The smallest absolute Gasteiger partial charge is 0.229 e. The van der Waals surface area contributed by atoms with Crippen molar-refractivity contribution in [3.63, 3.8) is 0 Å². The van der Waals surface area contributed by atoms with E-state index in [2.05, 4.69) is 5.32 Å². The van der Waals surface area contributed by atoms with Crippen LogP contribution in [-0.2, 0) is 9.53 Å². The topological polar surface area (TPSA) is 64.3 Å². The monoisotopic (exact) mass is 232 g/mol. The third kappa shape index (κ3) is 5.69. The number of nitrogens with two attached hydrogens (primary N) is 1. The lowest BCUT2D eigenvalue weighted by molar-refractivity contribution is -0.124. The minimum absolute atomic E-state index is 0.157. The van der Waals surface area contributed by atoms with Crippen LogP contribution in [0.5, 0.6) is 0 Å². The number of ether oxygens (including phenoxy) is 1. The second-order valence-electron chi connectivity index (χ2n) is 4.03. The maximum absolute atomic E-state index is 11.5. The van der Waals surface area contributed by atoms with Crippen molar-refractivity contribution >= 4 is 23.1 Å². The van der Waals surface area contributed by atoms with Gasteiger partial charge in [0.1, 0.15) is 0 Å². The van der Waals surface area contributed by atoms with Crippen LogP contribution >= 0.6 is 12.2 Å². The molecule has 0 spiro atoms. The fourth-order valence-electron chi connectivity index (χ4n) is 1.02. The van der Waals surface area contributed by atoms with E-state index in [4.69, 9.17) is 22.7 Å². The summed E-state index contributed by atoms with van der Waals surface area (Å²) in [5, 5.41) is 2.76. The van der Waals surface area contributed by atoms with Crippen LogP contribution in [0.3, 0.4) is 0 Å². The summed E-state index contributed by atoms with van der Waals surface area (Å²) in [4.78, 5) is 11.7. The highest BCUT2D eigenvalue weighted by Gasteiger charge is 2.21. The van der Waals surface area contributed by atoms with Crippen molar-refractivity contribution in [1.29, 1.82) is 0 Å². The quantitative estimate of drug-likeness (QED) is 0.666. The Hall–Kier alpha value is -0.680. The standard InChI is InChI=1S/C10H20N2O2S/c1-5-14-10(3,4)6-12-9(13)7(2)8(11)15/h7H,5-6H2,1-4H3,(H2,11,15)(H,12,13). The third-order valence-corrected chi connectivity index (χ3v) is 2.40. The molecule has 0 heterocycles. The molecule has 0 aliphatic heterocycles. The molecule has 0 radical (unpaired) electrons. The van der Waals surface area contributed by atoms with Crippen LogP contribution < -0.4 is 11.1 Å². The van der Waals surface area contributed by atoms with Gasteiger partial charge in [0.15, 0.2) is 0 Å². The van der Waals surface area contributed by atoms with Crippen molar-refractivity contribution in [3.8, 4) is 0 Å². The molecule has 88 valence electrons.